The predicted molar refractivity (Wildman–Crippen MR) is 169 cm³/mol. The van der Waals surface area contributed by atoms with Crippen LogP contribution in [0.3, 0.4) is 0 Å². The summed E-state index contributed by atoms with van der Waals surface area (Å²) in [6, 6.07) is 10.0. The first-order chi connectivity index (χ1) is 21.4. The summed E-state index contributed by atoms with van der Waals surface area (Å²) < 4.78 is 0. The average Bonchev–Trinajstić information content (AvgIpc) is 3.59. The van der Waals surface area contributed by atoms with Gasteiger partial charge in [-0.15, -0.1) is 0 Å². The fraction of sp³-hybridized carbons (Fsp3) is 0.344. The minimum Gasteiger partial charge on any atom is -0.480 e. The van der Waals surface area contributed by atoms with Gasteiger partial charge in [0.2, 0.25) is 23.6 Å². The highest BCUT2D eigenvalue weighted by Gasteiger charge is 2.32. The van der Waals surface area contributed by atoms with Crippen LogP contribution in [0, 0.1) is 5.92 Å². The van der Waals surface area contributed by atoms with Crippen LogP contribution in [0.25, 0.3) is 21.8 Å². The van der Waals surface area contributed by atoms with Gasteiger partial charge in [0.05, 0.1) is 12.5 Å². The van der Waals surface area contributed by atoms with Gasteiger partial charge in [-0.2, -0.15) is 0 Å². The lowest BCUT2D eigenvalue weighted by Gasteiger charge is -2.25. The van der Waals surface area contributed by atoms with Crippen molar-refractivity contribution in [2.45, 2.75) is 63.7 Å². The number of H-pyrrole nitrogens is 2. The molecule has 238 valence electrons. The molecule has 2 heterocycles. The molecule has 13 heteroatoms. The third-order valence-corrected chi connectivity index (χ3v) is 7.54. The zero-order valence-electron chi connectivity index (χ0n) is 25.1. The van der Waals surface area contributed by atoms with E-state index in [2.05, 4.69) is 25.9 Å². The van der Waals surface area contributed by atoms with Gasteiger partial charge in [-0.3, -0.25) is 19.2 Å². The van der Waals surface area contributed by atoms with E-state index in [4.69, 9.17) is 11.5 Å². The number of amides is 4. The molecule has 4 rings (SSSR count). The Morgan fingerprint density at radius 1 is 0.733 bits per heavy atom. The molecule has 4 atom stereocenters. The number of fused-ring (bicyclic) bond motifs is 2. The van der Waals surface area contributed by atoms with Crippen molar-refractivity contribution in [3.8, 4) is 0 Å². The van der Waals surface area contributed by atoms with Gasteiger partial charge in [-0.1, -0.05) is 50.2 Å². The second kappa shape index (κ2) is 14.5. The summed E-state index contributed by atoms with van der Waals surface area (Å²) in [6.07, 6.45) is 3.23. The molecule has 4 unspecified atom stereocenters. The molecule has 45 heavy (non-hydrogen) atoms. The molecule has 0 bridgehead atoms. The van der Waals surface area contributed by atoms with E-state index in [0.29, 0.717) is 5.56 Å². The number of aromatic nitrogens is 2. The zero-order chi connectivity index (χ0) is 32.7. The number of aromatic amines is 2. The molecular weight excluding hydrogens is 578 g/mol. The summed E-state index contributed by atoms with van der Waals surface area (Å²) in [5.74, 6) is -4.43. The number of hydrogen-bond acceptors (Lipinski definition) is 6. The van der Waals surface area contributed by atoms with Crippen molar-refractivity contribution in [2.24, 2.45) is 17.4 Å². The minimum absolute atomic E-state index is 0.0399. The van der Waals surface area contributed by atoms with Crippen molar-refractivity contribution in [3.05, 3.63) is 72.1 Å². The van der Waals surface area contributed by atoms with Gasteiger partial charge in [-0.05, 0) is 42.0 Å². The molecule has 2 aromatic heterocycles. The second-order valence-corrected chi connectivity index (χ2v) is 11.6. The summed E-state index contributed by atoms with van der Waals surface area (Å²) in [5.41, 5.74) is 14.8. The van der Waals surface area contributed by atoms with Gasteiger partial charge >= 0.3 is 5.97 Å². The number of benzene rings is 2. The number of carbonyl (C=O) groups is 5. The lowest BCUT2D eigenvalue weighted by molar-refractivity contribution is -0.142. The third-order valence-electron chi connectivity index (χ3n) is 7.54. The van der Waals surface area contributed by atoms with E-state index < -0.39 is 60.2 Å². The summed E-state index contributed by atoms with van der Waals surface area (Å²) >= 11 is 0. The SMILES string of the molecule is CC(C)CC(NC(=O)C(N)Cc1c[nH]c2ccccc12)C(=O)NC(CC(N)=O)C(=O)NC(Cc1c[nH]c2ccccc12)C(=O)O. The zero-order valence-corrected chi connectivity index (χ0v) is 25.1. The molecule has 0 aliphatic heterocycles. The summed E-state index contributed by atoms with van der Waals surface area (Å²) in [4.78, 5) is 70.0. The second-order valence-electron chi connectivity index (χ2n) is 11.6. The Morgan fingerprint density at radius 2 is 1.22 bits per heavy atom. The third kappa shape index (κ3) is 8.48. The van der Waals surface area contributed by atoms with Crippen molar-refractivity contribution >= 4 is 51.4 Å². The van der Waals surface area contributed by atoms with Crippen molar-refractivity contribution in [1.29, 1.82) is 0 Å². The van der Waals surface area contributed by atoms with Crippen LogP contribution >= 0.6 is 0 Å². The number of carboxylic acid groups (broad SMARTS) is 1. The molecular formula is C32H39N7O6. The Kier molecular flexibility index (Phi) is 10.6. The summed E-state index contributed by atoms with van der Waals surface area (Å²) in [7, 11) is 0. The first-order valence-corrected chi connectivity index (χ1v) is 14.7. The Bertz CT molecular complexity index is 1690. The molecule has 0 aliphatic carbocycles. The standard InChI is InChI=1S/C32H39N7O6/c1-17(2)11-25(37-29(41)22(33)12-18-15-35-23-9-5-3-7-20(18)23)30(42)38-26(14-28(34)40)31(43)39-27(32(44)45)13-19-16-36-24-10-6-4-8-21(19)24/h3-10,15-17,22,25-27,35-36H,11-14,33H2,1-2H3,(H2,34,40)(H,37,41)(H,38,42)(H,39,43)(H,44,45). The van der Waals surface area contributed by atoms with Crippen molar-refractivity contribution in [3.63, 3.8) is 0 Å². The Hall–Kier alpha value is -5.17. The first kappa shape index (κ1) is 32.7. The monoisotopic (exact) mass is 617 g/mol. The van der Waals surface area contributed by atoms with Gasteiger partial charge < -0.3 is 42.5 Å². The van der Waals surface area contributed by atoms with E-state index >= 15 is 0 Å². The Labute approximate surface area is 259 Å². The van der Waals surface area contributed by atoms with Crippen LogP contribution in [-0.4, -0.2) is 68.8 Å². The number of nitrogens with two attached hydrogens (primary N) is 2. The van der Waals surface area contributed by atoms with E-state index in [1.807, 2.05) is 62.4 Å². The molecule has 0 saturated carbocycles. The van der Waals surface area contributed by atoms with E-state index in [0.717, 1.165) is 27.4 Å². The number of carboxylic acids is 1. The predicted octanol–water partition coefficient (Wildman–Crippen LogP) is 1.22. The topological polar surface area (TPSA) is 225 Å². The molecule has 4 aromatic rings. The van der Waals surface area contributed by atoms with Gasteiger partial charge in [-0.25, -0.2) is 4.79 Å². The fourth-order valence-corrected chi connectivity index (χ4v) is 5.29. The van der Waals surface area contributed by atoms with Crippen LogP contribution in [0.2, 0.25) is 0 Å². The highest BCUT2D eigenvalue weighted by Crippen LogP contribution is 2.20. The Balaban J connectivity index is 1.44. The smallest absolute Gasteiger partial charge is 0.326 e. The van der Waals surface area contributed by atoms with Gasteiger partial charge in [0.1, 0.15) is 18.1 Å². The number of aliphatic carboxylic acids is 1. The van der Waals surface area contributed by atoms with E-state index in [9.17, 15) is 29.1 Å². The van der Waals surface area contributed by atoms with Crippen LogP contribution in [-0.2, 0) is 36.8 Å². The number of para-hydroxylation sites is 2. The van der Waals surface area contributed by atoms with Crippen molar-refractivity contribution in [2.75, 3.05) is 0 Å². The largest absolute Gasteiger partial charge is 0.480 e. The van der Waals surface area contributed by atoms with Crippen LogP contribution < -0.4 is 27.4 Å². The van der Waals surface area contributed by atoms with Gasteiger partial charge in [0, 0.05) is 40.6 Å². The van der Waals surface area contributed by atoms with Crippen molar-refractivity contribution < 1.29 is 29.1 Å². The fourth-order valence-electron chi connectivity index (χ4n) is 5.29. The molecule has 0 fully saturated rings. The molecule has 0 saturated heterocycles. The normalized spacial score (nSPS) is 14.0. The van der Waals surface area contributed by atoms with Gasteiger partial charge in [0.15, 0.2) is 0 Å². The number of primary amides is 1. The highest BCUT2D eigenvalue weighted by molar-refractivity contribution is 5.96. The number of carbonyl (C=O) groups excluding carboxylic acids is 4. The number of hydrogen-bond donors (Lipinski definition) is 8. The van der Waals surface area contributed by atoms with E-state index in [-0.39, 0.29) is 25.2 Å². The maximum Gasteiger partial charge on any atom is 0.326 e. The summed E-state index contributed by atoms with van der Waals surface area (Å²) in [6.45, 7) is 3.71. The first-order valence-electron chi connectivity index (χ1n) is 14.7. The lowest BCUT2D eigenvalue weighted by Crippen LogP contribution is -2.58. The minimum atomic E-state index is -1.48. The number of rotatable bonds is 15. The molecule has 4 amide bonds. The molecule has 10 N–H and O–H groups in total. The molecule has 0 spiro atoms. The van der Waals surface area contributed by atoms with Crippen molar-refractivity contribution in [1.82, 2.24) is 25.9 Å². The maximum atomic E-state index is 13.4. The Morgan fingerprint density at radius 3 is 1.76 bits per heavy atom. The lowest BCUT2D eigenvalue weighted by atomic mass is 10.0. The van der Waals surface area contributed by atoms with Crippen LogP contribution in [0.15, 0.2) is 60.9 Å². The average molecular weight is 618 g/mol. The highest BCUT2D eigenvalue weighted by atomic mass is 16.4. The maximum absolute atomic E-state index is 13.4. The van der Waals surface area contributed by atoms with Crippen LogP contribution in [0.1, 0.15) is 37.8 Å². The molecule has 13 nitrogen and oxygen atoms in total. The van der Waals surface area contributed by atoms with Crippen LogP contribution in [0.4, 0.5) is 0 Å². The van der Waals surface area contributed by atoms with E-state index in [1.54, 1.807) is 12.4 Å². The molecule has 2 aromatic carbocycles. The quantitative estimate of drug-likeness (QED) is 0.0972. The molecule has 0 radical (unpaired) electrons. The molecule has 0 aliphatic rings. The van der Waals surface area contributed by atoms with E-state index in [1.165, 1.54) is 0 Å². The van der Waals surface area contributed by atoms with Gasteiger partial charge in [0.25, 0.3) is 0 Å². The summed E-state index contributed by atoms with van der Waals surface area (Å²) in [5, 5.41) is 19.2. The number of nitrogens with one attached hydrogen (secondary N) is 5. The van der Waals surface area contributed by atoms with Crippen LogP contribution in [0.5, 0.6) is 0 Å².